The molecule has 0 aliphatic carbocycles. The fourth-order valence-corrected chi connectivity index (χ4v) is 4.21. The predicted octanol–water partition coefficient (Wildman–Crippen LogP) is 1.17. The van der Waals surface area contributed by atoms with Crippen LogP contribution in [0.5, 0.6) is 0 Å². The second-order valence-electron chi connectivity index (χ2n) is 6.98. The lowest BCUT2D eigenvalue weighted by atomic mass is 9.83. The van der Waals surface area contributed by atoms with E-state index in [1.54, 1.807) is 0 Å². The van der Waals surface area contributed by atoms with E-state index in [1.165, 1.54) is 0 Å². The second-order valence-corrected chi connectivity index (χ2v) is 6.98. The van der Waals surface area contributed by atoms with E-state index in [4.69, 9.17) is 4.74 Å². The molecule has 3 saturated heterocycles. The molecule has 0 bridgehead atoms. The van der Waals surface area contributed by atoms with Crippen molar-refractivity contribution in [3.8, 4) is 0 Å². The monoisotopic (exact) mass is 294 g/mol. The highest BCUT2D eigenvalue weighted by Crippen LogP contribution is 2.35. The van der Waals surface area contributed by atoms with Crippen molar-refractivity contribution in [2.45, 2.75) is 58.3 Å². The van der Waals surface area contributed by atoms with Gasteiger partial charge in [-0.2, -0.15) is 0 Å². The molecule has 5 nitrogen and oxygen atoms in total. The van der Waals surface area contributed by atoms with Crippen molar-refractivity contribution < 1.29 is 14.3 Å². The van der Waals surface area contributed by atoms with E-state index in [9.17, 15) is 9.59 Å². The molecule has 0 aromatic carbocycles. The van der Waals surface area contributed by atoms with Crippen molar-refractivity contribution in [2.75, 3.05) is 13.1 Å². The first kappa shape index (κ1) is 14.8. The third kappa shape index (κ3) is 2.68. The minimum absolute atomic E-state index is 0.00582. The van der Waals surface area contributed by atoms with Gasteiger partial charge in [-0.3, -0.25) is 9.59 Å². The van der Waals surface area contributed by atoms with E-state index < -0.39 is 0 Å². The number of piperidine rings is 2. The van der Waals surface area contributed by atoms with Gasteiger partial charge in [-0.25, -0.2) is 0 Å². The molecule has 6 unspecified atom stereocenters. The summed E-state index contributed by atoms with van der Waals surface area (Å²) in [5.41, 5.74) is 0. The Morgan fingerprint density at radius 1 is 1.24 bits per heavy atom. The Morgan fingerprint density at radius 2 is 2.00 bits per heavy atom. The minimum Gasteiger partial charge on any atom is -0.374 e. The predicted molar refractivity (Wildman–Crippen MR) is 78.5 cm³/mol. The fourth-order valence-electron chi connectivity index (χ4n) is 4.21. The number of carbonyl (C=O) groups excluding carboxylic acids is 2. The van der Waals surface area contributed by atoms with E-state index in [0.29, 0.717) is 12.3 Å². The Balaban J connectivity index is 1.65. The van der Waals surface area contributed by atoms with Gasteiger partial charge in [0.25, 0.3) is 0 Å². The number of nitrogens with zero attached hydrogens (tertiary/aromatic N) is 1. The van der Waals surface area contributed by atoms with Crippen LogP contribution in [0, 0.1) is 17.8 Å². The molecular formula is C16H26N2O3. The normalized spacial score (nSPS) is 43.4. The van der Waals surface area contributed by atoms with E-state index in [2.05, 4.69) is 19.2 Å². The molecule has 3 rings (SSSR count). The zero-order valence-electron chi connectivity index (χ0n) is 13.2. The lowest BCUT2D eigenvalue weighted by Gasteiger charge is -2.42. The molecule has 3 fully saturated rings. The van der Waals surface area contributed by atoms with Crippen molar-refractivity contribution in [1.82, 2.24) is 10.2 Å². The number of nitrogens with one attached hydrogen (secondary N) is 1. The quantitative estimate of drug-likeness (QED) is 0.790. The van der Waals surface area contributed by atoms with Gasteiger partial charge in [0.2, 0.25) is 11.8 Å². The fraction of sp³-hybridized carbons (Fsp3) is 0.875. The smallest absolute Gasteiger partial charge is 0.228 e. The topological polar surface area (TPSA) is 58.6 Å². The first-order valence-electron chi connectivity index (χ1n) is 8.21. The standard InChI is InChI=1S/C16H26N2O3/c1-9-10(2)21-11(3)15(9)16(20)18-7-6-13-12(8-18)4-5-14(19)17-13/h9-13,15H,4-8H2,1-3H3,(H,17,19). The summed E-state index contributed by atoms with van der Waals surface area (Å²) in [6, 6.07) is 0.267. The summed E-state index contributed by atoms with van der Waals surface area (Å²) in [7, 11) is 0. The molecule has 3 heterocycles. The van der Waals surface area contributed by atoms with Gasteiger partial charge in [-0.05, 0) is 38.5 Å². The van der Waals surface area contributed by atoms with Crippen molar-refractivity contribution >= 4 is 11.8 Å². The van der Waals surface area contributed by atoms with Gasteiger partial charge in [0.05, 0.1) is 18.1 Å². The maximum absolute atomic E-state index is 12.9. The summed E-state index contributed by atoms with van der Waals surface area (Å²) in [6.07, 6.45) is 2.54. The summed E-state index contributed by atoms with van der Waals surface area (Å²) in [5.74, 6) is 1.09. The highest BCUT2D eigenvalue weighted by molar-refractivity contribution is 5.81. The summed E-state index contributed by atoms with van der Waals surface area (Å²) in [4.78, 5) is 26.3. The Kier molecular flexibility index (Phi) is 3.95. The first-order valence-corrected chi connectivity index (χ1v) is 8.21. The number of ether oxygens (including phenoxy) is 1. The molecule has 118 valence electrons. The van der Waals surface area contributed by atoms with E-state index >= 15 is 0 Å². The number of amides is 2. The van der Waals surface area contributed by atoms with Gasteiger partial charge in [0.15, 0.2) is 0 Å². The van der Waals surface area contributed by atoms with Gasteiger partial charge in [0, 0.05) is 25.6 Å². The Labute approximate surface area is 126 Å². The number of hydrogen-bond donors (Lipinski definition) is 1. The molecule has 0 aromatic rings. The Bertz CT molecular complexity index is 439. The summed E-state index contributed by atoms with van der Waals surface area (Å²) >= 11 is 0. The van der Waals surface area contributed by atoms with Crippen LogP contribution in [0.4, 0.5) is 0 Å². The maximum Gasteiger partial charge on any atom is 0.228 e. The van der Waals surface area contributed by atoms with Crippen LogP contribution in [0.1, 0.15) is 40.0 Å². The van der Waals surface area contributed by atoms with Crippen molar-refractivity contribution in [1.29, 1.82) is 0 Å². The van der Waals surface area contributed by atoms with Crippen LogP contribution in [0.15, 0.2) is 0 Å². The third-order valence-corrected chi connectivity index (χ3v) is 5.66. The highest BCUT2D eigenvalue weighted by atomic mass is 16.5. The van der Waals surface area contributed by atoms with Crippen molar-refractivity contribution in [3.05, 3.63) is 0 Å². The van der Waals surface area contributed by atoms with Crippen LogP contribution in [0.25, 0.3) is 0 Å². The average Bonchev–Trinajstić information content (AvgIpc) is 2.71. The number of likely N-dealkylation sites (tertiary alicyclic amines) is 1. The van der Waals surface area contributed by atoms with Gasteiger partial charge in [-0.15, -0.1) is 0 Å². The van der Waals surface area contributed by atoms with E-state index in [-0.39, 0.29) is 41.9 Å². The molecule has 2 amide bonds. The second kappa shape index (κ2) is 5.59. The average molecular weight is 294 g/mol. The van der Waals surface area contributed by atoms with Crippen LogP contribution in [-0.2, 0) is 14.3 Å². The molecule has 0 radical (unpaired) electrons. The van der Waals surface area contributed by atoms with Gasteiger partial charge < -0.3 is 15.0 Å². The SMILES string of the molecule is CC1OC(C)C(C(=O)N2CCC3NC(=O)CCC3C2)C1C. The van der Waals surface area contributed by atoms with Gasteiger partial charge in [0.1, 0.15) is 0 Å². The molecule has 0 saturated carbocycles. The molecule has 0 spiro atoms. The molecule has 3 aliphatic rings. The number of fused-ring (bicyclic) bond motifs is 1. The molecule has 6 atom stereocenters. The minimum atomic E-state index is -0.0188. The number of hydrogen-bond acceptors (Lipinski definition) is 3. The van der Waals surface area contributed by atoms with E-state index in [0.717, 1.165) is 25.9 Å². The zero-order valence-corrected chi connectivity index (χ0v) is 13.2. The van der Waals surface area contributed by atoms with Gasteiger partial charge in [-0.1, -0.05) is 6.92 Å². The maximum atomic E-state index is 12.9. The lowest BCUT2D eigenvalue weighted by Crippen LogP contribution is -2.56. The molecular weight excluding hydrogens is 268 g/mol. The van der Waals surface area contributed by atoms with Crippen LogP contribution < -0.4 is 5.32 Å². The lowest BCUT2D eigenvalue weighted by molar-refractivity contribution is -0.141. The van der Waals surface area contributed by atoms with Gasteiger partial charge >= 0.3 is 0 Å². The zero-order chi connectivity index (χ0) is 15.1. The summed E-state index contributed by atoms with van der Waals surface area (Å²) in [6.45, 7) is 7.72. The van der Waals surface area contributed by atoms with Crippen LogP contribution in [0.2, 0.25) is 0 Å². The first-order chi connectivity index (χ1) is 9.97. The molecule has 3 aliphatic heterocycles. The largest absolute Gasteiger partial charge is 0.374 e. The van der Waals surface area contributed by atoms with Crippen LogP contribution >= 0.6 is 0 Å². The number of carbonyl (C=O) groups is 2. The molecule has 1 N–H and O–H groups in total. The molecule has 5 heteroatoms. The summed E-state index contributed by atoms with van der Waals surface area (Å²) in [5, 5.41) is 3.07. The van der Waals surface area contributed by atoms with Crippen molar-refractivity contribution in [3.63, 3.8) is 0 Å². The summed E-state index contributed by atoms with van der Waals surface area (Å²) < 4.78 is 5.81. The molecule has 0 aromatic heterocycles. The Hall–Kier alpha value is -1.10. The Morgan fingerprint density at radius 3 is 2.67 bits per heavy atom. The van der Waals surface area contributed by atoms with E-state index in [1.807, 2.05) is 11.8 Å². The third-order valence-electron chi connectivity index (χ3n) is 5.66. The molecule has 21 heavy (non-hydrogen) atoms. The number of rotatable bonds is 1. The highest BCUT2D eigenvalue weighted by Gasteiger charge is 2.45. The van der Waals surface area contributed by atoms with Crippen molar-refractivity contribution in [2.24, 2.45) is 17.8 Å². The van der Waals surface area contributed by atoms with Crippen LogP contribution in [0.3, 0.4) is 0 Å². The van der Waals surface area contributed by atoms with Crippen LogP contribution in [-0.4, -0.2) is 48.1 Å².